The molecule has 0 fully saturated rings. The minimum atomic E-state index is 0.643. The van der Waals surface area contributed by atoms with Crippen LogP contribution in [0.5, 0.6) is 0 Å². The summed E-state index contributed by atoms with van der Waals surface area (Å²) in [6.45, 7) is 8.84. The highest BCUT2D eigenvalue weighted by Gasteiger charge is 2.10. The van der Waals surface area contributed by atoms with E-state index in [1.165, 1.54) is 0 Å². The van der Waals surface area contributed by atoms with Crippen molar-refractivity contribution in [3.8, 4) is 0 Å². The molecule has 0 aromatic heterocycles. The van der Waals surface area contributed by atoms with Gasteiger partial charge in [0.25, 0.3) is 6.24 Å². The molecule has 0 bridgehead atoms. The molecule has 0 saturated heterocycles. The van der Waals surface area contributed by atoms with Gasteiger partial charge in [0, 0.05) is 0 Å². The fraction of sp³-hybridized carbons (Fsp3) is 1.00. The first kappa shape index (κ1) is 9.50. The fourth-order valence-electron chi connectivity index (χ4n) is 0.872. The lowest BCUT2D eigenvalue weighted by Crippen LogP contribution is -2.37. The maximum atomic E-state index is 3.44. The van der Waals surface area contributed by atoms with Gasteiger partial charge in [-0.1, -0.05) is 27.7 Å². The maximum Gasteiger partial charge on any atom is 0.285 e. The van der Waals surface area contributed by atoms with Crippen molar-refractivity contribution < 1.29 is 0 Å². The van der Waals surface area contributed by atoms with Crippen LogP contribution in [-0.4, -0.2) is 23.1 Å². The molecule has 9 heavy (non-hydrogen) atoms. The van der Waals surface area contributed by atoms with Crippen molar-refractivity contribution >= 4 is 22.0 Å². The summed E-state index contributed by atoms with van der Waals surface area (Å²) in [5.74, 6) is 0. The Morgan fingerprint density at radius 3 is 1.44 bits per heavy atom. The standard InChI is InChI=1S/C6H15BBrN/c1-5(2)9(7-8)6(3)4/h5-7H,1-4H3. The summed E-state index contributed by atoms with van der Waals surface area (Å²) in [5, 5.41) is 0. The average molecular weight is 192 g/mol. The van der Waals surface area contributed by atoms with E-state index in [1.807, 2.05) is 0 Å². The average Bonchev–Trinajstić information content (AvgIpc) is 1.64. The summed E-state index contributed by atoms with van der Waals surface area (Å²) in [7, 11) is 0. The lowest BCUT2D eigenvalue weighted by Gasteiger charge is -2.27. The van der Waals surface area contributed by atoms with Crippen LogP contribution in [-0.2, 0) is 0 Å². The van der Waals surface area contributed by atoms with Crippen molar-refractivity contribution in [2.45, 2.75) is 39.8 Å². The highest BCUT2D eigenvalue weighted by Crippen LogP contribution is 2.03. The van der Waals surface area contributed by atoms with Crippen molar-refractivity contribution in [2.24, 2.45) is 0 Å². The normalized spacial score (nSPS) is 11.6. The minimum absolute atomic E-state index is 0.643. The van der Waals surface area contributed by atoms with Gasteiger partial charge in [-0.15, -0.1) is 15.8 Å². The van der Waals surface area contributed by atoms with Crippen molar-refractivity contribution in [2.75, 3.05) is 0 Å². The van der Waals surface area contributed by atoms with Crippen molar-refractivity contribution in [1.29, 1.82) is 0 Å². The summed E-state index contributed by atoms with van der Waals surface area (Å²) >= 11 is 3.44. The summed E-state index contributed by atoms with van der Waals surface area (Å²) in [4.78, 5) is 2.38. The van der Waals surface area contributed by atoms with Crippen molar-refractivity contribution in [3.63, 3.8) is 0 Å². The largest absolute Gasteiger partial charge is 0.331 e. The zero-order valence-corrected chi connectivity index (χ0v) is 8.27. The van der Waals surface area contributed by atoms with Gasteiger partial charge >= 0.3 is 0 Å². The molecule has 0 atom stereocenters. The molecule has 3 heteroatoms. The molecule has 0 aliphatic rings. The van der Waals surface area contributed by atoms with E-state index < -0.39 is 0 Å². The maximum absolute atomic E-state index is 3.44. The number of rotatable bonds is 3. The first-order valence-corrected chi connectivity index (χ1v) is 4.53. The lowest BCUT2D eigenvalue weighted by atomic mass is 10.1. The molecule has 0 saturated carbocycles. The molecule has 0 aliphatic carbocycles. The van der Waals surface area contributed by atoms with E-state index >= 15 is 0 Å². The zero-order valence-electron chi connectivity index (χ0n) is 6.69. The Hall–Kier alpha value is 0.505. The summed E-state index contributed by atoms with van der Waals surface area (Å²) in [6.07, 6.45) is 0.975. The quantitative estimate of drug-likeness (QED) is 0.615. The topological polar surface area (TPSA) is 3.24 Å². The predicted molar refractivity (Wildman–Crippen MR) is 48.2 cm³/mol. The Morgan fingerprint density at radius 1 is 1.11 bits per heavy atom. The van der Waals surface area contributed by atoms with Crippen LogP contribution in [0.15, 0.2) is 0 Å². The molecule has 0 aliphatic heterocycles. The molecule has 0 heterocycles. The Labute approximate surface area is 67.0 Å². The molecule has 0 N–H and O–H groups in total. The third kappa shape index (κ3) is 3.26. The molecule has 0 radical (unpaired) electrons. The smallest absolute Gasteiger partial charge is 0.285 e. The SMILES string of the molecule is CC(C)N(BBr)C(C)C. The molecule has 0 amide bonds. The van der Waals surface area contributed by atoms with E-state index in [4.69, 9.17) is 0 Å². The van der Waals surface area contributed by atoms with Crippen LogP contribution in [0.2, 0.25) is 0 Å². The van der Waals surface area contributed by atoms with Gasteiger partial charge in [0.05, 0.1) is 0 Å². The van der Waals surface area contributed by atoms with Crippen molar-refractivity contribution in [1.82, 2.24) is 4.81 Å². The molecule has 54 valence electrons. The molecule has 0 rings (SSSR count). The van der Waals surface area contributed by atoms with Crippen LogP contribution in [0.1, 0.15) is 27.7 Å². The van der Waals surface area contributed by atoms with Crippen LogP contribution in [0.3, 0.4) is 0 Å². The zero-order chi connectivity index (χ0) is 7.44. The van der Waals surface area contributed by atoms with Crippen molar-refractivity contribution in [3.05, 3.63) is 0 Å². The van der Waals surface area contributed by atoms with Gasteiger partial charge in [0.15, 0.2) is 0 Å². The van der Waals surface area contributed by atoms with E-state index in [9.17, 15) is 0 Å². The molecule has 0 aromatic carbocycles. The molecule has 0 aromatic rings. The predicted octanol–water partition coefficient (Wildman–Crippen LogP) is 1.77. The number of halogens is 1. The Morgan fingerprint density at radius 2 is 1.44 bits per heavy atom. The molecule has 0 spiro atoms. The number of nitrogens with zero attached hydrogens (tertiary/aromatic N) is 1. The molecular weight excluding hydrogens is 177 g/mol. The first-order chi connectivity index (χ1) is 4.09. The second kappa shape index (κ2) is 4.34. The van der Waals surface area contributed by atoms with Gasteiger partial charge in [-0.3, -0.25) is 0 Å². The monoisotopic (exact) mass is 191 g/mol. The van der Waals surface area contributed by atoms with E-state index in [-0.39, 0.29) is 0 Å². The second-order valence-electron chi connectivity index (χ2n) is 2.82. The Bertz CT molecular complexity index is 67.5. The van der Waals surface area contributed by atoms with Crippen LogP contribution >= 0.6 is 15.8 Å². The highest BCUT2D eigenvalue weighted by atomic mass is 79.9. The van der Waals surface area contributed by atoms with Gasteiger partial charge in [-0.25, -0.2) is 0 Å². The van der Waals surface area contributed by atoms with E-state index in [2.05, 4.69) is 48.3 Å². The summed E-state index contributed by atoms with van der Waals surface area (Å²) in [6, 6.07) is 1.29. The van der Waals surface area contributed by atoms with Crippen LogP contribution in [0, 0.1) is 0 Å². The minimum Gasteiger partial charge on any atom is -0.331 e. The lowest BCUT2D eigenvalue weighted by molar-refractivity contribution is 0.318. The number of hydrogen-bond acceptors (Lipinski definition) is 1. The van der Waals surface area contributed by atoms with Crippen LogP contribution in [0.25, 0.3) is 0 Å². The first-order valence-electron chi connectivity index (χ1n) is 3.41. The van der Waals surface area contributed by atoms with Gasteiger partial charge in [0.2, 0.25) is 0 Å². The Balaban J connectivity index is 3.68. The Kier molecular flexibility index (Phi) is 4.58. The van der Waals surface area contributed by atoms with Crippen LogP contribution in [0.4, 0.5) is 0 Å². The van der Waals surface area contributed by atoms with E-state index in [0.717, 1.165) is 6.24 Å². The second-order valence-corrected chi connectivity index (χ2v) is 3.32. The number of hydrogen-bond donors (Lipinski definition) is 0. The van der Waals surface area contributed by atoms with Gasteiger partial charge in [-0.05, 0) is 12.1 Å². The van der Waals surface area contributed by atoms with Gasteiger partial charge in [0.1, 0.15) is 0 Å². The third-order valence-corrected chi connectivity index (χ3v) is 2.04. The third-order valence-electron chi connectivity index (χ3n) is 1.46. The van der Waals surface area contributed by atoms with Crippen LogP contribution < -0.4 is 0 Å². The molecule has 0 unspecified atom stereocenters. The van der Waals surface area contributed by atoms with Gasteiger partial charge < -0.3 is 4.81 Å². The molecular formula is C6H15BBrN. The summed E-state index contributed by atoms with van der Waals surface area (Å²) in [5.41, 5.74) is 0. The van der Waals surface area contributed by atoms with Gasteiger partial charge in [-0.2, -0.15) is 0 Å². The fourth-order valence-corrected chi connectivity index (χ4v) is 2.03. The molecule has 1 nitrogen and oxygen atoms in total. The van der Waals surface area contributed by atoms with E-state index in [1.54, 1.807) is 0 Å². The summed E-state index contributed by atoms with van der Waals surface area (Å²) < 4.78 is 0. The van der Waals surface area contributed by atoms with E-state index in [0.29, 0.717) is 12.1 Å². The highest BCUT2D eigenvalue weighted by molar-refractivity contribution is 9.23.